The number of unbranched alkanes of at least 4 members (excludes halogenated alkanes) is 1. The van der Waals surface area contributed by atoms with Crippen molar-refractivity contribution in [1.82, 2.24) is 0 Å². The van der Waals surface area contributed by atoms with Gasteiger partial charge < -0.3 is 4.74 Å². The van der Waals surface area contributed by atoms with Gasteiger partial charge in [0, 0.05) is 5.56 Å². The van der Waals surface area contributed by atoms with Gasteiger partial charge >= 0.3 is 0 Å². The zero-order chi connectivity index (χ0) is 21.2. The van der Waals surface area contributed by atoms with Gasteiger partial charge in [-0.2, -0.15) is 0 Å². The number of carbonyl (C=O) groups is 1. The molecule has 0 heterocycles. The van der Waals surface area contributed by atoms with Crippen molar-refractivity contribution in [3.05, 3.63) is 114 Å². The number of hydrogen-bond acceptors (Lipinski definition) is 2. The topological polar surface area (TPSA) is 26.3 Å². The van der Waals surface area contributed by atoms with Crippen molar-refractivity contribution in [3.8, 4) is 5.75 Å². The van der Waals surface area contributed by atoms with Gasteiger partial charge in [0.25, 0.3) is 0 Å². The Bertz CT molecular complexity index is 981. The number of carbonyl (C=O) groups excluding carboxylic acids is 1. The van der Waals surface area contributed by atoms with Gasteiger partial charge in [-0.1, -0.05) is 85.0 Å². The first-order chi connectivity index (χ1) is 14.6. The van der Waals surface area contributed by atoms with Crippen LogP contribution in [0.5, 0.6) is 5.75 Å². The van der Waals surface area contributed by atoms with Crippen LogP contribution in [-0.4, -0.2) is 12.4 Å². The number of hydrogen-bond donors (Lipinski definition) is 0. The van der Waals surface area contributed by atoms with Crippen molar-refractivity contribution < 1.29 is 9.53 Å². The van der Waals surface area contributed by atoms with E-state index in [1.807, 2.05) is 67.6 Å². The molecule has 0 saturated heterocycles. The molecule has 2 heteroatoms. The molecule has 152 valence electrons. The number of ether oxygens (including phenoxy) is 1. The van der Waals surface area contributed by atoms with Crippen LogP contribution in [0.4, 0.5) is 0 Å². The largest absolute Gasteiger partial charge is 0.494 e. The van der Waals surface area contributed by atoms with Crippen molar-refractivity contribution in [1.29, 1.82) is 0 Å². The van der Waals surface area contributed by atoms with Gasteiger partial charge in [0.15, 0.2) is 5.78 Å². The Morgan fingerprint density at radius 2 is 1.57 bits per heavy atom. The maximum absolute atomic E-state index is 12.1. The maximum atomic E-state index is 12.1. The summed E-state index contributed by atoms with van der Waals surface area (Å²) in [6.45, 7) is 6.67. The molecule has 0 atom stereocenters. The molecule has 0 aliphatic carbocycles. The lowest BCUT2D eigenvalue weighted by Gasteiger charge is -2.07. The minimum Gasteiger partial charge on any atom is -0.494 e. The summed E-state index contributed by atoms with van der Waals surface area (Å²) in [5.74, 6) is 0.926. The molecule has 0 amide bonds. The Balaban J connectivity index is 1.39. The Hall–Kier alpha value is -3.39. The summed E-state index contributed by atoms with van der Waals surface area (Å²) in [5.41, 5.74) is 5.24. The Morgan fingerprint density at radius 3 is 2.23 bits per heavy atom. The normalized spacial score (nSPS) is 10.8. The van der Waals surface area contributed by atoms with Gasteiger partial charge in [0.1, 0.15) is 5.75 Å². The molecule has 0 radical (unpaired) electrons. The molecule has 0 aliphatic heterocycles. The first kappa shape index (κ1) is 21.3. The van der Waals surface area contributed by atoms with Crippen molar-refractivity contribution in [2.45, 2.75) is 26.2 Å². The summed E-state index contributed by atoms with van der Waals surface area (Å²) < 4.78 is 5.82. The number of benzene rings is 3. The molecular weight excluding hydrogens is 368 g/mol. The van der Waals surface area contributed by atoms with Crippen molar-refractivity contribution in [2.75, 3.05) is 6.61 Å². The average molecular weight is 397 g/mol. The number of allylic oxidation sites excluding steroid dienone is 2. The molecule has 30 heavy (non-hydrogen) atoms. The lowest BCUT2D eigenvalue weighted by atomic mass is 10.0. The van der Waals surface area contributed by atoms with E-state index < -0.39 is 0 Å². The van der Waals surface area contributed by atoms with E-state index in [1.54, 1.807) is 6.08 Å². The highest BCUT2D eigenvalue weighted by atomic mass is 16.5. The summed E-state index contributed by atoms with van der Waals surface area (Å²) in [6, 6.07) is 25.8. The maximum Gasteiger partial charge on any atom is 0.185 e. The SMILES string of the molecule is C=C(C)c1ccc(OCCCCc2ccc(C=CC(=O)c3ccccc3)cc2)cc1. The fourth-order valence-electron chi connectivity index (χ4n) is 3.12. The quantitative estimate of drug-likeness (QED) is 0.209. The van der Waals surface area contributed by atoms with Crippen LogP contribution in [0.1, 0.15) is 46.8 Å². The second-order valence-electron chi connectivity index (χ2n) is 7.42. The molecule has 0 saturated carbocycles. The molecule has 3 aromatic rings. The van der Waals surface area contributed by atoms with E-state index in [4.69, 9.17) is 4.74 Å². The second-order valence-corrected chi connectivity index (χ2v) is 7.42. The van der Waals surface area contributed by atoms with Gasteiger partial charge in [-0.05, 0) is 61.1 Å². The smallest absolute Gasteiger partial charge is 0.185 e. The van der Waals surface area contributed by atoms with E-state index in [-0.39, 0.29) is 5.78 Å². The summed E-state index contributed by atoms with van der Waals surface area (Å²) in [6.07, 6.45) is 6.60. The number of aryl methyl sites for hydroxylation is 1. The standard InChI is InChI=1S/C28H28O2/c1-22(2)25-16-18-27(19-17-25)30-21-7-6-8-23-11-13-24(14-12-23)15-20-28(29)26-9-4-3-5-10-26/h3-5,9-20H,1,6-8,21H2,2H3. The van der Waals surface area contributed by atoms with Crippen LogP contribution in [0.25, 0.3) is 11.6 Å². The molecule has 0 unspecified atom stereocenters. The molecule has 2 nitrogen and oxygen atoms in total. The summed E-state index contributed by atoms with van der Waals surface area (Å²) >= 11 is 0. The average Bonchev–Trinajstić information content (AvgIpc) is 2.79. The first-order valence-electron chi connectivity index (χ1n) is 10.4. The van der Waals surface area contributed by atoms with Crippen molar-refractivity contribution in [2.24, 2.45) is 0 Å². The molecule has 0 spiro atoms. The van der Waals surface area contributed by atoms with E-state index in [2.05, 4.69) is 30.8 Å². The number of ketones is 1. The molecule has 0 aliphatic rings. The molecule has 3 aromatic carbocycles. The van der Waals surface area contributed by atoms with Gasteiger partial charge in [-0.3, -0.25) is 4.79 Å². The van der Waals surface area contributed by atoms with E-state index in [1.165, 1.54) is 5.56 Å². The predicted molar refractivity (Wildman–Crippen MR) is 126 cm³/mol. The van der Waals surface area contributed by atoms with Gasteiger partial charge in [0.2, 0.25) is 0 Å². The Kier molecular flexibility index (Phi) is 7.79. The van der Waals surface area contributed by atoms with E-state index >= 15 is 0 Å². The van der Waals surface area contributed by atoms with Crippen LogP contribution in [0, 0.1) is 0 Å². The van der Waals surface area contributed by atoms with Gasteiger partial charge in [0.05, 0.1) is 6.61 Å². The molecule has 0 bridgehead atoms. The monoisotopic (exact) mass is 396 g/mol. The zero-order valence-electron chi connectivity index (χ0n) is 17.5. The van der Waals surface area contributed by atoms with E-state index in [9.17, 15) is 4.79 Å². The molecule has 0 N–H and O–H groups in total. The molecule has 0 fully saturated rings. The summed E-state index contributed by atoms with van der Waals surface area (Å²) in [5, 5.41) is 0. The third kappa shape index (κ3) is 6.59. The summed E-state index contributed by atoms with van der Waals surface area (Å²) in [7, 11) is 0. The third-order valence-electron chi connectivity index (χ3n) is 4.94. The van der Waals surface area contributed by atoms with E-state index in [0.717, 1.165) is 48.3 Å². The van der Waals surface area contributed by atoms with Crippen molar-refractivity contribution in [3.63, 3.8) is 0 Å². The van der Waals surface area contributed by atoms with E-state index in [0.29, 0.717) is 5.56 Å². The minimum absolute atomic E-state index is 0.0222. The van der Waals surface area contributed by atoms with Crippen LogP contribution in [0.2, 0.25) is 0 Å². The van der Waals surface area contributed by atoms with Gasteiger partial charge in [-0.25, -0.2) is 0 Å². The highest BCUT2D eigenvalue weighted by molar-refractivity contribution is 6.06. The molecule has 3 rings (SSSR count). The lowest BCUT2D eigenvalue weighted by Crippen LogP contribution is -1.98. The first-order valence-corrected chi connectivity index (χ1v) is 10.4. The van der Waals surface area contributed by atoms with Gasteiger partial charge in [-0.15, -0.1) is 0 Å². The lowest BCUT2D eigenvalue weighted by molar-refractivity contribution is 0.104. The van der Waals surface area contributed by atoms with Crippen LogP contribution in [0.15, 0.2) is 91.5 Å². The minimum atomic E-state index is 0.0222. The van der Waals surface area contributed by atoms with Crippen LogP contribution < -0.4 is 4.74 Å². The predicted octanol–water partition coefficient (Wildman–Crippen LogP) is 7.02. The third-order valence-corrected chi connectivity index (χ3v) is 4.94. The second kappa shape index (κ2) is 11.0. The van der Waals surface area contributed by atoms with Crippen LogP contribution >= 0.6 is 0 Å². The van der Waals surface area contributed by atoms with Crippen molar-refractivity contribution >= 4 is 17.4 Å². The van der Waals surface area contributed by atoms with Crippen LogP contribution in [-0.2, 0) is 6.42 Å². The summed E-state index contributed by atoms with van der Waals surface area (Å²) in [4.78, 5) is 12.1. The fourth-order valence-corrected chi connectivity index (χ4v) is 3.12. The highest BCUT2D eigenvalue weighted by Crippen LogP contribution is 2.17. The highest BCUT2D eigenvalue weighted by Gasteiger charge is 2.00. The zero-order valence-corrected chi connectivity index (χ0v) is 17.5. The number of rotatable bonds is 10. The Morgan fingerprint density at radius 1 is 0.867 bits per heavy atom. The Labute approximate surface area is 179 Å². The fraction of sp³-hybridized carbons (Fsp3) is 0.179. The molecular formula is C28H28O2. The van der Waals surface area contributed by atoms with Crippen LogP contribution in [0.3, 0.4) is 0 Å². The molecule has 0 aromatic heterocycles.